The normalized spacial score (nSPS) is 23.1. The van der Waals surface area contributed by atoms with Crippen LogP contribution in [0, 0.1) is 101 Å². The lowest BCUT2D eigenvalue weighted by Gasteiger charge is -2.58. The minimum absolute atomic E-state index is 0.294. The van der Waals surface area contributed by atoms with Gasteiger partial charge >= 0.3 is 35.8 Å². The van der Waals surface area contributed by atoms with Crippen LogP contribution >= 0.6 is 0 Å². The molecule has 5 aliphatic rings. The summed E-state index contributed by atoms with van der Waals surface area (Å²) in [5, 5.41) is 53.9. The van der Waals surface area contributed by atoms with E-state index in [0.29, 0.717) is 85.7 Å². The van der Waals surface area contributed by atoms with Crippen LogP contribution < -0.4 is 0 Å². The van der Waals surface area contributed by atoms with Crippen molar-refractivity contribution < 1.29 is 64.2 Å². The van der Waals surface area contributed by atoms with Crippen molar-refractivity contribution in [1.82, 2.24) is 0 Å². The molecule has 1 fully saturated rings. The van der Waals surface area contributed by atoms with Crippen molar-refractivity contribution in [1.29, 1.82) is 0 Å². The molecular weight excluding hydrogens is 1730 g/mol. The fourth-order valence-electron chi connectivity index (χ4n) is 25.8. The van der Waals surface area contributed by atoms with E-state index >= 15 is 0 Å². The maximum absolute atomic E-state index is 11.6. The number of carbonyl (C=O) groups is 7. The van der Waals surface area contributed by atoms with E-state index in [1.807, 2.05) is 0 Å². The van der Waals surface area contributed by atoms with Crippen LogP contribution in [0.5, 0.6) is 0 Å². The van der Waals surface area contributed by atoms with Crippen molar-refractivity contribution in [2.24, 2.45) is 101 Å². The fraction of sp³-hybridized carbons (Fsp3) is 0.850. The molecule has 1 saturated carbocycles. The molecule has 0 radical (unpaired) electrons. The van der Waals surface area contributed by atoms with Gasteiger partial charge in [-0.15, -0.1) is 0 Å². The van der Waals surface area contributed by atoms with Gasteiger partial charge in [0.25, 0.3) is 0 Å². The summed E-state index contributed by atoms with van der Waals surface area (Å²) in [6.45, 7) is 18.0. The highest BCUT2D eigenvalue weighted by Gasteiger charge is 2.54. The number of ketones is 1. The third kappa shape index (κ3) is 62.8. The maximum atomic E-state index is 11.6. The third-order valence-electron chi connectivity index (χ3n) is 33.6. The lowest BCUT2D eigenvalue weighted by atomic mass is 9.47. The standard InChI is InChI=1S/C55H98O5.C36H62O4.C36H64O4/c1-5-8-11-14-20-29-37-48-49(38-30-21-16-23-32-41-52(57)58)51(40-31-22-17-24-33-42-53(59)60)55-47(36-27-19-15-18-25-34-45(4)56)44-43-46(35-26-12-9-6-2)54(55)50(48)39-28-13-10-7-3;1-3-5-7-14-21-31-28-34-32(27-30(31)19-6-4-2)26-25-29(20-15-10-8-12-17-23-35(37)38)33(34)22-16-11-9-13-18-24-36(39)40;1-3-5-7-17-23-31-29-30-32(24-18-13-12-16-22-28-36(39)40)34(33(31)25-19-8-6-4-2)26-20-14-10-9-11-15-21-27-35(37)38/h20,29,43-44,46-51,54-55H,5-19,21-28,30-42H2,1-4H3,(H,57,58)(H,59,60);25-26,28-33H,3-24,27H2,1-2H3,(H,37,38)(H,39,40);20,26,29-34H,3-19,21-25,27-28H2,1-2H3,(H,37,38)(H,39,40)/b29-20+;;26-20+. The Labute approximate surface area is 861 Å². The second-order valence-corrected chi connectivity index (χ2v) is 45.3. The van der Waals surface area contributed by atoms with Gasteiger partial charge in [0, 0.05) is 44.9 Å². The third-order valence-corrected chi connectivity index (χ3v) is 33.6. The number of carbonyl (C=O) groups excluding carboxylic acids is 1. The molecule has 6 N–H and O–H groups in total. The number of carboxylic acid groups (broad SMARTS) is 6. The van der Waals surface area contributed by atoms with Gasteiger partial charge in [0.15, 0.2) is 0 Å². The van der Waals surface area contributed by atoms with Crippen LogP contribution in [-0.4, -0.2) is 72.2 Å². The van der Waals surface area contributed by atoms with E-state index in [-0.39, 0.29) is 0 Å². The second kappa shape index (κ2) is 88.1. The molecule has 0 aromatic heterocycles. The summed E-state index contributed by atoms with van der Waals surface area (Å²) in [5.41, 5.74) is 1.77. The number of rotatable bonds is 91. The first-order valence-corrected chi connectivity index (χ1v) is 61.1. The lowest BCUT2D eigenvalue weighted by Crippen LogP contribution is -2.52. The highest BCUT2D eigenvalue weighted by Crippen LogP contribution is 2.61. The van der Waals surface area contributed by atoms with Crippen molar-refractivity contribution in [3.05, 3.63) is 72.4 Å². The average molecular weight is 1960 g/mol. The van der Waals surface area contributed by atoms with Crippen molar-refractivity contribution in [3.8, 4) is 0 Å². The quantitative estimate of drug-likeness (QED) is 0.0246. The molecule has 0 aromatic carbocycles. The summed E-state index contributed by atoms with van der Waals surface area (Å²) in [6.07, 6.45) is 124. The van der Waals surface area contributed by atoms with Crippen molar-refractivity contribution in [3.63, 3.8) is 0 Å². The average Bonchev–Trinajstić information content (AvgIpc) is 0.736. The minimum Gasteiger partial charge on any atom is -0.481 e. The van der Waals surface area contributed by atoms with Gasteiger partial charge in [0.1, 0.15) is 5.78 Å². The summed E-state index contributed by atoms with van der Waals surface area (Å²) in [5.74, 6) is 8.44. The van der Waals surface area contributed by atoms with Crippen molar-refractivity contribution in [2.45, 2.75) is 588 Å². The van der Waals surface area contributed by atoms with Crippen LogP contribution in [0.3, 0.4) is 0 Å². The summed E-state index contributed by atoms with van der Waals surface area (Å²) >= 11 is 0. The summed E-state index contributed by atoms with van der Waals surface area (Å²) < 4.78 is 0. The van der Waals surface area contributed by atoms with Crippen LogP contribution in [0.2, 0.25) is 0 Å². The molecule has 0 saturated heterocycles. The Morgan fingerprint density at radius 1 is 0.250 bits per heavy atom. The topological polar surface area (TPSA) is 241 Å². The molecule has 0 bridgehead atoms. The fourth-order valence-corrected chi connectivity index (χ4v) is 25.8. The first-order valence-electron chi connectivity index (χ1n) is 61.1. The lowest BCUT2D eigenvalue weighted by molar-refractivity contribution is -0.138. The van der Waals surface area contributed by atoms with Crippen molar-refractivity contribution in [2.75, 3.05) is 0 Å². The number of allylic oxidation sites excluding steroid dienone is 12. The van der Waals surface area contributed by atoms with E-state index in [1.165, 1.54) is 360 Å². The largest absolute Gasteiger partial charge is 0.481 e. The molecule has 13 nitrogen and oxygen atoms in total. The van der Waals surface area contributed by atoms with Gasteiger partial charge < -0.3 is 35.4 Å². The van der Waals surface area contributed by atoms with Gasteiger partial charge in [-0.05, 0) is 268 Å². The number of aliphatic carboxylic acids is 6. The predicted molar refractivity (Wildman–Crippen MR) is 593 cm³/mol. The number of fused-ring (bicyclic) bond motifs is 2. The van der Waals surface area contributed by atoms with Crippen LogP contribution in [0.1, 0.15) is 588 Å². The number of Topliss-reactive ketones (excluding diaryl/α,β-unsaturated/α-hetero) is 1. The van der Waals surface area contributed by atoms with Crippen LogP contribution in [0.4, 0.5) is 0 Å². The molecule has 0 aliphatic heterocycles. The summed E-state index contributed by atoms with van der Waals surface area (Å²) in [7, 11) is 0. The molecule has 5 rings (SSSR count). The molecule has 17 atom stereocenters. The van der Waals surface area contributed by atoms with Crippen LogP contribution in [0.25, 0.3) is 0 Å². The van der Waals surface area contributed by atoms with Gasteiger partial charge in [-0.3, -0.25) is 28.8 Å². The molecule has 0 amide bonds. The SMILES string of the molecule is CCCCC/C=C/CC1C(CCCCCCCC(=O)O)C(CCCCCCCC(=O)O)C2C(CCCCCCCC(C)=O)C=CC(CCCCCC)C2C1CCCCCC.CCCCCCC1C=C2C(C=CC(CCCCCCCC(=O)O)C2CCCCCCCC(=O)O)CC1CCCC.CCCCCCC1C=CC(CCCCCCCC(=O)O)C(/C=C/CCCCCCCC(=O)O)C1CCCCCC. The molecule has 5 aliphatic carbocycles. The highest BCUT2D eigenvalue weighted by atomic mass is 16.4. The molecule has 0 heterocycles. The van der Waals surface area contributed by atoms with Gasteiger partial charge in [-0.2, -0.15) is 0 Å². The first-order chi connectivity index (χ1) is 68.2. The molecular formula is C127H224O13. The Balaban J connectivity index is 0.000000558. The zero-order valence-corrected chi connectivity index (χ0v) is 92.4. The predicted octanol–water partition coefficient (Wildman–Crippen LogP) is 38.8. The molecule has 0 spiro atoms. The smallest absolute Gasteiger partial charge is 0.303 e. The van der Waals surface area contributed by atoms with E-state index in [2.05, 4.69) is 115 Å². The van der Waals surface area contributed by atoms with E-state index < -0.39 is 35.8 Å². The first kappa shape index (κ1) is 129. The van der Waals surface area contributed by atoms with Gasteiger partial charge in [0.2, 0.25) is 0 Å². The van der Waals surface area contributed by atoms with E-state index in [1.54, 1.807) is 12.5 Å². The minimum atomic E-state index is -0.676. The number of unbranched alkanes of at least 4 members (excludes halogenated alkanes) is 48. The Hall–Kier alpha value is -5.07. The Morgan fingerprint density at radius 2 is 0.536 bits per heavy atom. The monoisotopic (exact) mass is 1960 g/mol. The Kier molecular flexibility index (Phi) is 81.2. The number of hydrogen-bond donors (Lipinski definition) is 6. The summed E-state index contributed by atoms with van der Waals surface area (Å²) in [6, 6.07) is 0. The maximum Gasteiger partial charge on any atom is 0.303 e. The van der Waals surface area contributed by atoms with Gasteiger partial charge in [-0.25, -0.2) is 0 Å². The zero-order chi connectivity index (χ0) is 102. The Morgan fingerprint density at radius 3 is 0.943 bits per heavy atom. The Bertz CT molecular complexity index is 3230. The summed E-state index contributed by atoms with van der Waals surface area (Å²) in [4.78, 5) is 77.1. The number of hydrogen-bond acceptors (Lipinski definition) is 7. The van der Waals surface area contributed by atoms with Crippen molar-refractivity contribution >= 4 is 41.6 Å². The van der Waals surface area contributed by atoms with Crippen LogP contribution in [-0.2, 0) is 33.6 Å². The number of carboxylic acids is 6. The molecule has 140 heavy (non-hydrogen) atoms. The molecule has 13 heteroatoms. The highest BCUT2D eigenvalue weighted by molar-refractivity contribution is 5.75. The second-order valence-electron chi connectivity index (χ2n) is 45.3. The van der Waals surface area contributed by atoms with Gasteiger partial charge in [-0.1, -0.05) is 448 Å². The molecule has 810 valence electrons. The molecule has 17 unspecified atom stereocenters. The van der Waals surface area contributed by atoms with E-state index in [0.717, 1.165) is 194 Å². The van der Waals surface area contributed by atoms with Crippen LogP contribution in [0.15, 0.2) is 72.4 Å². The van der Waals surface area contributed by atoms with E-state index in [4.69, 9.17) is 20.4 Å². The molecule has 0 aromatic rings. The van der Waals surface area contributed by atoms with Gasteiger partial charge in [0.05, 0.1) is 0 Å². The van der Waals surface area contributed by atoms with E-state index in [9.17, 15) is 43.8 Å². The zero-order valence-electron chi connectivity index (χ0n) is 92.4.